The Kier molecular flexibility index (Phi) is 3.97. The zero-order valence-corrected chi connectivity index (χ0v) is 14.2. The van der Waals surface area contributed by atoms with Crippen molar-refractivity contribution in [2.45, 2.75) is 0 Å². The summed E-state index contributed by atoms with van der Waals surface area (Å²) in [6.07, 6.45) is 0. The van der Waals surface area contributed by atoms with Crippen LogP contribution in [0.3, 0.4) is 0 Å². The molecule has 3 rings (SSSR count). The fourth-order valence-electron chi connectivity index (χ4n) is 1.97. The monoisotopic (exact) mass is 401 g/mol. The van der Waals surface area contributed by atoms with Crippen molar-refractivity contribution in [3.8, 4) is 11.4 Å². The Labute approximate surface area is 144 Å². The van der Waals surface area contributed by atoms with Crippen molar-refractivity contribution in [3.05, 3.63) is 49.9 Å². The summed E-state index contributed by atoms with van der Waals surface area (Å²) in [5, 5.41) is 2.04. The molecule has 106 valence electrons. The van der Waals surface area contributed by atoms with Gasteiger partial charge in [0.1, 0.15) is 5.82 Å². The zero-order valence-electron chi connectivity index (χ0n) is 10.4. The first kappa shape index (κ1) is 14.9. The SMILES string of the molecule is Nc1nc(-c2ccc(Br)cc2Cl)nc2c(Cl)cc(Cl)cc12. The van der Waals surface area contributed by atoms with E-state index in [1.165, 1.54) is 0 Å². The molecule has 0 aliphatic heterocycles. The summed E-state index contributed by atoms with van der Waals surface area (Å²) >= 11 is 21.7. The largest absolute Gasteiger partial charge is 0.383 e. The van der Waals surface area contributed by atoms with E-state index in [1.807, 2.05) is 12.1 Å². The molecule has 0 spiro atoms. The van der Waals surface area contributed by atoms with E-state index in [9.17, 15) is 0 Å². The van der Waals surface area contributed by atoms with Crippen LogP contribution in [0.2, 0.25) is 15.1 Å². The molecule has 0 atom stereocenters. The van der Waals surface area contributed by atoms with Crippen LogP contribution >= 0.6 is 50.7 Å². The van der Waals surface area contributed by atoms with Crippen LogP contribution in [0.25, 0.3) is 22.3 Å². The highest BCUT2D eigenvalue weighted by Gasteiger charge is 2.13. The summed E-state index contributed by atoms with van der Waals surface area (Å²) in [5.41, 5.74) is 7.22. The van der Waals surface area contributed by atoms with Crippen molar-refractivity contribution < 1.29 is 0 Å². The predicted octanol–water partition coefficient (Wildman–Crippen LogP) is 5.60. The lowest BCUT2D eigenvalue weighted by atomic mass is 10.2. The first-order valence-electron chi connectivity index (χ1n) is 5.83. The van der Waals surface area contributed by atoms with Crippen molar-refractivity contribution in [1.29, 1.82) is 0 Å². The summed E-state index contributed by atoms with van der Waals surface area (Å²) in [7, 11) is 0. The van der Waals surface area contributed by atoms with E-state index in [0.717, 1.165) is 4.47 Å². The molecule has 0 bridgehead atoms. The van der Waals surface area contributed by atoms with Crippen molar-refractivity contribution >= 4 is 67.5 Å². The first-order valence-corrected chi connectivity index (χ1v) is 7.76. The summed E-state index contributed by atoms with van der Waals surface area (Å²) in [6.45, 7) is 0. The number of benzene rings is 2. The molecular formula is C14H7BrCl3N3. The van der Waals surface area contributed by atoms with Gasteiger partial charge in [0.05, 0.1) is 15.6 Å². The van der Waals surface area contributed by atoms with Crippen molar-refractivity contribution in [2.24, 2.45) is 0 Å². The molecule has 0 aliphatic carbocycles. The Morgan fingerprint density at radius 2 is 1.71 bits per heavy atom. The number of aromatic nitrogens is 2. The summed E-state index contributed by atoms with van der Waals surface area (Å²) < 4.78 is 0.870. The molecule has 0 unspecified atom stereocenters. The van der Waals surface area contributed by atoms with Crippen LogP contribution in [0.5, 0.6) is 0 Å². The lowest BCUT2D eigenvalue weighted by molar-refractivity contribution is 1.23. The van der Waals surface area contributed by atoms with Gasteiger partial charge in [0.25, 0.3) is 0 Å². The third-order valence-corrected chi connectivity index (χ3v) is 4.23. The zero-order chi connectivity index (χ0) is 15.1. The first-order chi connectivity index (χ1) is 9.95. The molecule has 21 heavy (non-hydrogen) atoms. The summed E-state index contributed by atoms with van der Waals surface area (Å²) in [4.78, 5) is 8.75. The molecule has 2 aromatic carbocycles. The minimum Gasteiger partial charge on any atom is -0.383 e. The highest BCUT2D eigenvalue weighted by atomic mass is 79.9. The molecular weight excluding hydrogens is 396 g/mol. The normalized spacial score (nSPS) is 11.0. The minimum absolute atomic E-state index is 0.304. The number of anilines is 1. The van der Waals surface area contributed by atoms with Crippen molar-refractivity contribution in [3.63, 3.8) is 0 Å². The number of nitrogens with zero attached hydrogens (tertiary/aromatic N) is 2. The number of rotatable bonds is 1. The Hall–Kier alpha value is -1.07. The van der Waals surface area contributed by atoms with Gasteiger partial charge in [0.2, 0.25) is 0 Å². The van der Waals surface area contributed by atoms with Gasteiger partial charge in [0, 0.05) is 20.4 Å². The van der Waals surface area contributed by atoms with Crippen LogP contribution in [-0.2, 0) is 0 Å². The van der Waals surface area contributed by atoms with Gasteiger partial charge in [-0.25, -0.2) is 9.97 Å². The van der Waals surface area contributed by atoms with Crippen molar-refractivity contribution in [1.82, 2.24) is 9.97 Å². The molecule has 7 heteroatoms. The number of nitrogen functional groups attached to an aromatic ring is 1. The maximum Gasteiger partial charge on any atom is 0.163 e. The van der Waals surface area contributed by atoms with E-state index in [2.05, 4.69) is 25.9 Å². The van der Waals surface area contributed by atoms with E-state index in [-0.39, 0.29) is 0 Å². The molecule has 0 saturated heterocycles. The molecule has 0 radical (unpaired) electrons. The van der Waals surface area contributed by atoms with Gasteiger partial charge in [-0.3, -0.25) is 0 Å². The van der Waals surface area contributed by atoms with Gasteiger partial charge in [0.15, 0.2) is 5.82 Å². The molecule has 0 aliphatic rings. The third-order valence-electron chi connectivity index (χ3n) is 2.92. The second-order valence-corrected chi connectivity index (χ2v) is 6.51. The van der Waals surface area contributed by atoms with Crippen LogP contribution in [-0.4, -0.2) is 9.97 Å². The summed E-state index contributed by atoms with van der Waals surface area (Å²) in [6, 6.07) is 8.74. The number of hydrogen-bond donors (Lipinski definition) is 1. The van der Waals surface area contributed by atoms with Gasteiger partial charge in [-0.1, -0.05) is 50.7 Å². The van der Waals surface area contributed by atoms with Gasteiger partial charge >= 0.3 is 0 Å². The maximum atomic E-state index is 6.23. The third kappa shape index (κ3) is 2.81. The van der Waals surface area contributed by atoms with Crippen molar-refractivity contribution in [2.75, 3.05) is 5.73 Å². The average molecular weight is 403 g/mol. The van der Waals surface area contributed by atoms with E-state index in [4.69, 9.17) is 40.5 Å². The smallest absolute Gasteiger partial charge is 0.163 e. The lowest BCUT2D eigenvalue weighted by Gasteiger charge is -2.09. The second kappa shape index (κ2) is 5.61. The Balaban J connectivity index is 2.30. The van der Waals surface area contributed by atoms with Crippen LogP contribution in [0.4, 0.5) is 5.82 Å². The standard InChI is InChI=1S/C14H7BrCl3N3/c15-6-1-2-8(10(17)3-6)14-20-12-9(13(19)21-14)4-7(16)5-11(12)18/h1-5H,(H2,19,20,21). The molecule has 0 amide bonds. The topological polar surface area (TPSA) is 51.8 Å². The fourth-order valence-corrected chi connectivity index (χ4v) is 3.26. The second-order valence-electron chi connectivity index (χ2n) is 4.34. The van der Waals surface area contributed by atoms with Gasteiger partial charge in [-0.05, 0) is 30.3 Å². The predicted molar refractivity (Wildman–Crippen MR) is 92.1 cm³/mol. The lowest BCUT2D eigenvalue weighted by Crippen LogP contribution is -1.98. The maximum absolute atomic E-state index is 6.23. The Bertz CT molecular complexity index is 868. The number of halogens is 4. The molecule has 0 saturated carbocycles. The molecule has 0 fully saturated rings. The minimum atomic E-state index is 0.304. The van der Waals surface area contributed by atoms with Crippen LogP contribution < -0.4 is 5.73 Å². The molecule has 3 nitrogen and oxygen atoms in total. The van der Waals surface area contributed by atoms with E-state index < -0.39 is 0 Å². The van der Waals surface area contributed by atoms with Gasteiger partial charge < -0.3 is 5.73 Å². The van der Waals surface area contributed by atoms with Gasteiger partial charge in [-0.15, -0.1) is 0 Å². The van der Waals surface area contributed by atoms with Crippen LogP contribution in [0.15, 0.2) is 34.8 Å². The number of hydrogen-bond acceptors (Lipinski definition) is 3. The highest BCUT2D eigenvalue weighted by Crippen LogP contribution is 2.34. The molecule has 2 N–H and O–H groups in total. The highest BCUT2D eigenvalue weighted by molar-refractivity contribution is 9.10. The molecule has 3 aromatic rings. The number of nitrogens with two attached hydrogens (primary N) is 1. The van der Waals surface area contributed by atoms with E-state index in [0.29, 0.717) is 43.2 Å². The Morgan fingerprint density at radius 1 is 0.952 bits per heavy atom. The van der Waals surface area contributed by atoms with Gasteiger partial charge in [-0.2, -0.15) is 0 Å². The quantitative estimate of drug-likeness (QED) is 0.575. The van der Waals surface area contributed by atoms with E-state index in [1.54, 1.807) is 18.2 Å². The fraction of sp³-hybridized carbons (Fsp3) is 0. The summed E-state index contributed by atoms with van der Waals surface area (Å²) in [5.74, 6) is 0.722. The Morgan fingerprint density at radius 3 is 2.43 bits per heavy atom. The molecule has 1 heterocycles. The average Bonchev–Trinajstić information content (AvgIpc) is 2.40. The van der Waals surface area contributed by atoms with Crippen LogP contribution in [0, 0.1) is 0 Å². The number of fused-ring (bicyclic) bond motifs is 1. The molecule has 1 aromatic heterocycles. The van der Waals surface area contributed by atoms with E-state index >= 15 is 0 Å². The van der Waals surface area contributed by atoms with Crippen LogP contribution in [0.1, 0.15) is 0 Å².